The number of halogens is 2. The number of methoxy groups -OCH3 is 2. The van der Waals surface area contributed by atoms with E-state index in [2.05, 4.69) is 15.5 Å². The highest BCUT2D eigenvalue weighted by Gasteiger charge is 2.36. The van der Waals surface area contributed by atoms with E-state index in [4.69, 9.17) is 32.7 Å². The van der Waals surface area contributed by atoms with Crippen LogP contribution in [0, 0.1) is 0 Å². The Labute approximate surface area is 255 Å². The van der Waals surface area contributed by atoms with Gasteiger partial charge in [0, 0.05) is 22.9 Å². The van der Waals surface area contributed by atoms with Crippen LogP contribution in [0.15, 0.2) is 96.5 Å². The smallest absolute Gasteiger partial charge is 0.242 e. The normalized spacial score (nSPS) is 15.1. The third-order valence-corrected chi connectivity index (χ3v) is 9.63. The molecule has 5 rings (SSSR count). The zero-order valence-electron chi connectivity index (χ0n) is 23.0. The van der Waals surface area contributed by atoms with Crippen molar-refractivity contribution in [1.29, 1.82) is 0 Å². The van der Waals surface area contributed by atoms with E-state index in [1.807, 2.05) is 48.5 Å². The Morgan fingerprint density at radius 3 is 2.48 bits per heavy atom. The van der Waals surface area contributed by atoms with Crippen LogP contribution in [0.5, 0.6) is 0 Å². The van der Waals surface area contributed by atoms with Crippen LogP contribution in [0.3, 0.4) is 0 Å². The van der Waals surface area contributed by atoms with Crippen molar-refractivity contribution in [2.75, 3.05) is 18.5 Å². The lowest BCUT2D eigenvalue weighted by Gasteiger charge is -2.31. The molecule has 0 radical (unpaired) electrons. The highest BCUT2D eigenvalue weighted by Crippen LogP contribution is 2.35. The highest BCUT2D eigenvalue weighted by atomic mass is 35.5. The number of hydrogen-bond acceptors (Lipinski definition) is 7. The first kappa shape index (κ1) is 29.6. The quantitative estimate of drug-likeness (QED) is 0.208. The maximum atomic E-state index is 14.5. The predicted octanol–water partition coefficient (Wildman–Crippen LogP) is 5.79. The van der Waals surface area contributed by atoms with Gasteiger partial charge >= 0.3 is 0 Å². The van der Waals surface area contributed by atoms with Crippen molar-refractivity contribution in [2.24, 2.45) is 0 Å². The van der Waals surface area contributed by atoms with Gasteiger partial charge in [-0.2, -0.15) is 0 Å². The number of benzene rings is 3. The average Bonchev–Trinajstić information content (AvgIpc) is 3.43. The zero-order valence-corrected chi connectivity index (χ0v) is 25.4. The molecule has 1 aromatic heterocycles. The van der Waals surface area contributed by atoms with E-state index in [0.29, 0.717) is 51.6 Å². The predicted molar refractivity (Wildman–Crippen MR) is 163 cm³/mol. The summed E-state index contributed by atoms with van der Waals surface area (Å²) in [7, 11) is -1.05. The summed E-state index contributed by atoms with van der Waals surface area (Å²) >= 11 is 12.9. The Morgan fingerprint density at radius 1 is 0.976 bits per heavy atom. The molecule has 218 valence electrons. The summed E-state index contributed by atoms with van der Waals surface area (Å²) < 4.78 is 42.8. The lowest BCUT2D eigenvalue weighted by molar-refractivity contribution is 0.219. The Morgan fingerprint density at radius 2 is 1.74 bits per heavy atom. The molecular weight excluding hydrogens is 597 g/mol. The molecule has 0 fully saturated rings. The van der Waals surface area contributed by atoms with E-state index in [9.17, 15) is 8.42 Å². The highest BCUT2D eigenvalue weighted by molar-refractivity contribution is 7.93. The largest absolute Gasteiger partial charge is 0.497 e. The molecule has 0 saturated heterocycles. The van der Waals surface area contributed by atoms with Gasteiger partial charge in [0.2, 0.25) is 10.0 Å². The van der Waals surface area contributed by atoms with Gasteiger partial charge in [-0.25, -0.2) is 13.1 Å². The van der Waals surface area contributed by atoms with Gasteiger partial charge in [-0.15, -0.1) is 5.10 Å². The number of allylic oxidation sites excluding steroid dienone is 2. The summed E-state index contributed by atoms with van der Waals surface area (Å²) in [6.07, 6.45) is 3.68. The van der Waals surface area contributed by atoms with Crippen LogP contribution in [0.25, 0.3) is 0 Å². The third-order valence-electron chi connectivity index (χ3n) is 6.99. The molecule has 1 aliphatic carbocycles. The Bertz CT molecular complexity index is 1720. The lowest BCUT2D eigenvalue weighted by atomic mass is 10.0. The molecule has 0 amide bonds. The number of rotatable bonds is 11. The number of sulfonamides is 1. The summed E-state index contributed by atoms with van der Waals surface area (Å²) in [6, 6.07) is 22.3. The maximum Gasteiger partial charge on any atom is 0.242 e. The molecule has 4 aromatic rings. The van der Waals surface area contributed by atoms with Gasteiger partial charge in [0.1, 0.15) is 11.0 Å². The van der Waals surface area contributed by atoms with Crippen molar-refractivity contribution < 1.29 is 17.9 Å². The fraction of sp³-hybridized carbons (Fsp3) is 0.233. The fourth-order valence-electron chi connectivity index (χ4n) is 4.82. The number of anilines is 1. The number of tetrazole rings is 1. The molecule has 1 atom stereocenters. The van der Waals surface area contributed by atoms with Crippen LogP contribution >= 0.6 is 23.2 Å². The van der Waals surface area contributed by atoms with Crippen LogP contribution in [0.2, 0.25) is 10.0 Å². The third kappa shape index (κ3) is 6.46. The van der Waals surface area contributed by atoms with Gasteiger partial charge in [0.15, 0.2) is 11.6 Å². The van der Waals surface area contributed by atoms with Crippen molar-refractivity contribution in [1.82, 2.24) is 20.2 Å². The minimum atomic E-state index is -4.06. The van der Waals surface area contributed by atoms with Crippen molar-refractivity contribution in [3.05, 3.63) is 129 Å². The summed E-state index contributed by atoms with van der Waals surface area (Å²) in [6.45, 7) is 0.258. The molecule has 12 heteroatoms. The maximum absolute atomic E-state index is 14.5. The Hall–Kier alpha value is -3.86. The van der Waals surface area contributed by atoms with Gasteiger partial charge in [-0.1, -0.05) is 77.8 Å². The number of aromatic nitrogens is 4. The van der Waals surface area contributed by atoms with Gasteiger partial charge in [-0.3, -0.25) is 4.31 Å². The molecule has 42 heavy (non-hydrogen) atoms. The average molecular weight is 627 g/mol. The van der Waals surface area contributed by atoms with Crippen LogP contribution in [-0.2, 0) is 39.0 Å². The minimum absolute atomic E-state index is 0.0946. The van der Waals surface area contributed by atoms with E-state index >= 15 is 0 Å². The minimum Gasteiger partial charge on any atom is -0.497 e. The zero-order chi connectivity index (χ0) is 29.7. The van der Waals surface area contributed by atoms with E-state index in [0.717, 1.165) is 11.1 Å². The standard InChI is InChI=1S/C30H29Cl2N5O4S/c1-40-28-15-13-25(18-29(28)41-2)42(38,39)37(20-30-33-34-35-36(30)19-21-8-4-3-5-9-21)27-14-12-24(31)17-23(27)16-22-10-6-7-11-26(22)32/h3-15,17,25H,16,18-20H2,1-2H3. The second-order valence-electron chi connectivity index (χ2n) is 9.63. The topological polar surface area (TPSA) is 99.4 Å². The second-order valence-corrected chi connectivity index (χ2v) is 12.5. The summed E-state index contributed by atoms with van der Waals surface area (Å²) in [5, 5.41) is 12.3. The number of nitrogens with zero attached hydrogens (tertiary/aromatic N) is 5. The summed E-state index contributed by atoms with van der Waals surface area (Å²) in [5.41, 5.74) is 2.94. The van der Waals surface area contributed by atoms with E-state index in [1.165, 1.54) is 18.5 Å². The van der Waals surface area contributed by atoms with Gasteiger partial charge < -0.3 is 9.47 Å². The SMILES string of the molecule is COC1=C(OC)CC(S(=O)(=O)N(Cc2nnnn2Cc2ccccc2)c2ccc(Cl)cc2Cc2ccccc2Cl)C=C1. The monoisotopic (exact) mass is 625 g/mol. The molecule has 0 aliphatic heterocycles. The molecule has 9 nitrogen and oxygen atoms in total. The number of ether oxygens (including phenoxy) is 2. The molecular formula is C30H29Cl2N5O4S. The Balaban J connectivity index is 1.59. The van der Waals surface area contributed by atoms with E-state index < -0.39 is 15.3 Å². The first-order valence-corrected chi connectivity index (χ1v) is 15.4. The van der Waals surface area contributed by atoms with Crippen LogP contribution in [0.1, 0.15) is 28.9 Å². The Kier molecular flexibility index (Phi) is 9.15. The van der Waals surface area contributed by atoms with E-state index in [1.54, 1.807) is 41.1 Å². The molecule has 0 saturated carbocycles. The van der Waals surface area contributed by atoms with Gasteiger partial charge in [0.05, 0.1) is 33.0 Å². The first-order chi connectivity index (χ1) is 20.3. The lowest BCUT2D eigenvalue weighted by Crippen LogP contribution is -2.40. The van der Waals surface area contributed by atoms with Crippen molar-refractivity contribution in [3.8, 4) is 0 Å². The van der Waals surface area contributed by atoms with Crippen LogP contribution in [-0.4, -0.2) is 48.1 Å². The summed E-state index contributed by atoms with van der Waals surface area (Å²) in [4.78, 5) is 0. The fourth-order valence-corrected chi connectivity index (χ4v) is 6.93. The first-order valence-electron chi connectivity index (χ1n) is 13.1. The molecule has 1 heterocycles. The van der Waals surface area contributed by atoms with Crippen molar-refractivity contribution in [2.45, 2.75) is 31.2 Å². The number of hydrogen-bond donors (Lipinski definition) is 0. The van der Waals surface area contributed by atoms with Crippen LogP contribution < -0.4 is 4.31 Å². The molecule has 3 aromatic carbocycles. The van der Waals surface area contributed by atoms with Gasteiger partial charge in [0.25, 0.3) is 0 Å². The molecule has 1 aliphatic rings. The molecule has 0 bridgehead atoms. The molecule has 0 N–H and O–H groups in total. The van der Waals surface area contributed by atoms with Crippen molar-refractivity contribution in [3.63, 3.8) is 0 Å². The van der Waals surface area contributed by atoms with Crippen LogP contribution in [0.4, 0.5) is 5.69 Å². The van der Waals surface area contributed by atoms with Crippen molar-refractivity contribution >= 4 is 38.9 Å². The summed E-state index contributed by atoms with van der Waals surface area (Å²) in [5.74, 6) is 1.30. The van der Waals surface area contributed by atoms with Gasteiger partial charge in [-0.05, 0) is 57.5 Å². The van der Waals surface area contributed by atoms with E-state index in [-0.39, 0.29) is 13.0 Å². The molecule has 0 spiro atoms. The second kappa shape index (κ2) is 13.0. The molecule has 1 unspecified atom stereocenters.